The van der Waals surface area contributed by atoms with Crippen LogP contribution in [0.15, 0.2) is 42.6 Å². The average Bonchev–Trinajstić information content (AvgIpc) is 2.78. The van der Waals surface area contributed by atoms with E-state index in [1.165, 1.54) is 24.8 Å². The van der Waals surface area contributed by atoms with Crippen molar-refractivity contribution in [3.05, 3.63) is 59.3 Å². The fourth-order valence-electron chi connectivity index (χ4n) is 4.51. The SMILES string of the molecule is Cc1cc([C@@H]2CCCCN2C(=O)OCc2ccccc2)cnc1N1CCCCC1. The van der Waals surface area contributed by atoms with Gasteiger partial charge in [-0.1, -0.05) is 30.3 Å². The number of anilines is 1. The molecule has 2 fully saturated rings. The Morgan fingerprint density at radius 2 is 1.83 bits per heavy atom. The Balaban J connectivity index is 1.46. The molecule has 0 bridgehead atoms. The van der Waals surface area contributed by atoms with Crippen molar-refractivity contribution in [2.75, 3.05) is 24.5 Å². The first kappa shape index (κ1) is 19.7. The van der Waals surface area contributed by atoms with Gasteiger partial charge in [-0.2, -0.15) is 0 Å². The molecule has 0 aliphatic carbocycles. The summed E-state index contributed by atoms with van der Waals surface area (Å²) >= 11 is 0. The third kappa shape index (κ3) is 4.72. The van der Waals surface area contributed by atoms with Crippen molar-refractivity contribution in [2.45, 2.75) is 58.1 Å². The van der Waals surface area contributed by atoms with E-state index >= 15 is 0 Å². The number of rotatable bonds is 4. The molecule has 1 atom stereocenters. The number of likely N-dealkylation sites (tertiary alicyclic amines) is 1. The molecule has 1 amide bonds. The van der Waals surface area contributed by atoms with Crippen molar-refractivity contribution < 1.29 is 9.53 Å². The number of benzene rings is 1. The molecule has 2 saturated heterocycles. The standard InChI is InChI=1S/C24H31N3O2/c1-19-16-21(17-25-23(19)26-13-7-3-8-14-26)22-12-6-9-15-27(22)24(28)29-18-20-10-4-2-5-11-20/h2,4-5,10-11,16-17,22H,3,6-9,12-15,18H2,1H3/t22-/m0/s1. The summed E-state index contributed by atoms with van der Waals surface area (Å²) in [5.74, 6) is 1.10. The summed E-state index contributed by atoms with van der Waals surface area (Å²) in [7, 11) is 0. The van der Waals surface area contributed by atoms with Crippen molar-refractivity contribution in [1.29, 1.82) is 0 Å². The number of amides is 1. The topological polar surface area (TPSA) is 45.7 Å². The second-order valence-corrected chi connectivity index (χ2v) is 8.20. The third-order valence-corrected chi connectivity index (χ3v) is 6.05. The first-order valence-electron chi connectivity index (χ1n) is 10.9. The first-order valence-corrected chi connectivity index (χ1v) is 10.9. The third-order valence-electron chi connectivity index (χ3n) is 6.05. The molecule has 0 unspecified atom stereocenters. The molecule has 2 aliphatic rings. The lowest BCUT2D eigenvalue weighted by Gasteiger charge is -2.35. The van der Waals surface area contributed by atoms with Gasteiger partial charge in [0.15, 0.2) is 0 Å². The highest BCUT2D eigenvalue weighted by Gasteiger charge is 2.30. The molecule has 1 aromatic carbocycles. The highest BCUT2D eigenvalue weighted by Crippen LogP contribution is 2.33. The van der Waals surface area contributed by atoms with Crippen LogP contribution in [-0.2, 0) is 11.3 Å². The largest absolute Gasteiger partial charge is 0.445 e. The van der Waals surface area contributed by atoms with Crippen LogP contribution in [0.2, 0.25) is 0 Å². The van der Waals surface area contributed by atoms with E-state index in [0.29, 0.717) is 6.61 Å². The Morgan fingerprint density at radius 1 is 1.07 bits per heavy atom. The maximum Gasteiger partial charge on any atom is 0.410 e. The Kier molecular flexibility index (Phi) is 6.33. The smallest absolute Gasteiger partial charge is 0.410 e. The molecule has 154 valence electrons. The number of piperidine rings is 2. The molecule has 4 rings (SSSR count). The van der Waals surface area contributed by atoms with E-state index in [9.17, 15) is 4.79 Å². The average molecular weight is 394 g/mol. The highest BCUT2D eigenvalue weighted by molar-refractivity contribution is 5.68. The highest BCUT2D eigenvalue weighted by atomic mass is 16.6. The van der Waals surface area contributed by atoms with Gasteiger partial charge in [0, 0.05) is 25.8 Å². The molecule has 2 aliphatic heterocycles. The van der Waals surface area contributed by atoms with Crippen LogP contribution in [-0.4, -0.2) is 35.6 Å². The van der Waals surface area contributed by atoms with Gasteiger partial charge >= 0.3 is 6.09 Å². The van der Waals surface area contributed by atoms with Crippen LogP contribution in [0.4, 0.5) is 10.6 Å². The normalized spacial score (nSPS) is 19.8. The fraction of sp³-hybridized carbons (Fsp3) is 0.500. The zero-order valence-corrected chi connectivity index (χ0v) is 17.3. The summed E-state index contributed by atoms with van der Waals surface area (Å²) in [6, 6.07) is 12.1. The minimum Gasteiger partial charge on any atom is -0.445 e. The van der Waals surface area contributed by atoms with E-state index in [4.69, 9.17) is 9.72 Å². The molecular weight excluding hydrogens is 362 g/mol. The number of carbonyl (C=O) groups is 1. The molecule has 0 radical (unpaired) electrons. The monoisotopic (exact) mass is 393 g/mol. The number of carbonyl (C=O) groups excluding carboxylic acids is 1. The molecular formula is C24H31N3O2. The molecule has 0 N–H and O–H groups in total. The zero-order valence-electron chi connectivity index (χ0n) is 17.3. The van der Waals surface area contributed by atoms with Crippen molar-refractivity contribution in [2.24, 2.45) is 0 Å². The van der Waals surface area contributed by atoms with Gasteiger partial charge in [0.1, 0.15) is 12.4 Å². The molecule has 5 nitrogen and oxygen atoms in total. The second kappa shape index (κ2) is 9.29. The number of aryl methyl sites for hydroxylation is 1. The van der Waals surface area contributed by atoms with Gasteiger partial charge < -0.3 is 14.5 Å². The lowest BCUT2D eigenvalue weighted by molar-refractivity contribution is 0.0678. The fourth-order valence-corrected chi connectivity index (χ4v) is 4.51. The Morgan fingerprint density at radius 3 is 2.59 bits per heavy atom. The predicted molar refractivity (Wildman–Crippen MR) is 115 cm³/mol. The zero-order chi connectivity index (χ0) is 20.1. The Labute approximate surface area is 173 Å². The van der Waals surface area contributed by atoms with Crippen molar-refractivity contribution >= 4 is 11.9 Å². The second-order valence-electron chi connectivity index (χ2n) is 8.20. The van der Waals surface area contributed by atoms with Crippen molar-refractivity contribution in [3.8, 4) is 0 Å². The Hall–Kier alpha value is -2.56. The van der Waals surface area contributed by atoms with Gasteiger partial charge in [0.05, 0.1) is 6.04 Å². The molecule has 3 heterocycles. The maximum atomic E-state index is 12.8. The predicted octanol–water partition coefficient (Wildman–Crippen LogP) is 5.24. The van der Waals surface area contributed by atoms with Gasteiger partial charge in [-0.05, 0) is 68.2 Å². The van der Waals surface area contributed by atoms with Crippen LogP contribution in [0.1, 0.15) is 61.3 Å². The lowest BCUT2D eigenvalue weighted by atomic mass is 9.96. The summed E-state index contributed by atoms with van der Waals surface area (Å²) in [5.41, 5.74) is 3.34. The molecule has 0 spiro atoms. The van der Waals surface area contributed by atoms with Crippen LogP contribution in [0.5, 0.6) is 0 Å². The molecule has 29 heavy (non-hydrogen) atoms. The van der Waals surface area contributed by atoms with Gasteiger partial charge in [-0.15, -0.1) is 0 Å². The van der Waals surface area contributed by atoms with Crippen LogP contribution in [0.3, 0.4) is 0 Å². The van der Waals surface area contributed by atoms with Gasteiger partial charge in [0.2, 0.25) is 0 Å². The summed E-state index contributed by atoms with van der Waals surface area (Å²) in [4.78, 5) is 21.9. The summed E-state index contributed by atoms with van der Waals surface area (Å²) < 4.78 is 5.63. The van der Waals surface area contributed by atoms with Crippen LogP contribution in [0, 0.1) is 6.92 Å². The maximum absolute atomic E-state index is 12.8. The summed E-state index contributed by atoms with van der Waals surface area (Å²) in [6.07, 6.45) is 8.66. The minimum absolute atomic E-state index is 0.0497. The molecule has 5 heteroatoms. The van der Waals surface area contributed by atoms with E-state index in [1.54, 1.807) is 0 Å². The van der Waals surface area contributed by atoms with Gasteiger partial charge in [-0.3, -0.25) is 0 Å². The quantitative estimate of drug-likeness (QED) is 0.712. The van der Waals surface area contributed by atoms with Crippen LogP contribution >= 0.6 is 0 Å². The lowest BCUT2D eigenvalue weighted by Crippen LogP contribution is -2.39. The molecule has 2 aromatic rings. The van der Waals surface area contributed by atoms with E-state index in [0.717, 1.165) is 55.8 Å². The van der Waals surface area contributed by atoms with Crippen molar-refractivity contribution in [3.63, 3.8) is 0 Å². The number of aromatic nitrogens is 1. The minimum atomic E-state index is -0.226. The number of nitrogens with zero attached hydrogens (tertiary/aromatic N) is 3. The van der Waals surface area contributed by atoms with Crippen molar-refractivity contribution in [1.82, 2.24) is 9.88 Å². The molecule has 0 saturated carbocycles. The van der Waals surface area contributed by atoms with E-state index in [-0.39, 0.29) is 12.1 Å². The van der Waals surface area contributed by atoms with E-state index < -0.39 is 0 Å². The summed E-state index contributed by atoms with van der Waals surface area (Å²) in [5, 5.41) is 0. The number of ether oxygens (including phenoxy) is 1. The Bertz CT molecular complexity index is 818. The van der Waals surface area contributed by atoms with Crippen LogP contribution in [0.25, 0.3) is 0 Å². The first-order chi connectivity index (χ1) is 14.2. The van der Waals surface area contributed by atoms with Gasteiger partial charge in [0.25, 0.3) is 0 Å². The van der Waals surface area contributed by atoms with Gasteiger partial charge in [-0.25, -0.2) is 9.78 Å². The summed E-state index contributed by atoms with van der Waals surface area (Å²) in [6.45, 7) is 5.38. The van der Waals surface area contributed by atoms with E-state index in [1.807, 2.05) is 41.4 Å². The van der Waals surface area contributed by atoms with E-state index in [2.05, 4.69) is 17.9 Å². The number of pyridine rings is 1. The number of hydrogen-bond acceptors (Lipinski definition) is 4. The molecule has 1 aromatic heterocycles. The van der Waals surface area contributed by atoms with Crippen LogP contribution < -0.4 is 4.90 Å². The number of hydrogen-bond donors (Lipinski definition) is 0.